The largest absolute Gasteiger partial charge is 0.351 e. The molecule has 0 saturated heterocycles. The quantitative estimate of drug-likeness (QED) is 0.747. The lowest BCUT2D eigenvalue weighted by molar-refractivity contribution is 0.0951. The average molecular weight is 395 g/mol. The molecule has 5 heteroatoms. The molecule has 2 nitrogen and oxygen atoms in total. The fourth-order valence-corrected chi connectivity index (χ4v) is 3.37. The van der Waals surface area contributed by atoms with Crippen molar-refractivity contribution < 1.29 is 9.18 Å². The number of hydrogen-bond acceptors (Lipinski definition) is 1. The Labute approximate surface area is 130 Å². The van der Waals surface area contributed by atoms with Gasteiger partial charge in [-0.3, -0.25) is 4.79 Å². The average Bonchev–Trinajstić information content (AvgIpc) is 2.23. The SMILES string of the molecule is CC(C)(C)CC(Br)CNC(=O)c1ccc(F)cc1Br. The molecule has 0 saturated carbocycles. The Bertz CT molecular complexity index is 457. The summed E-state index contributed by atoms with van der Waals surface area (Å²) in [5.41, 5.74) is 0.645. The van der Waals surface area contributed by atoms with E-state index >= 15 is 0 Å². The second-order valence-electron chi connectivity index (χ2n) is 5.70. The Hall–Kier alpha value is -0.420. The third-order valence-electron chi connectivity index (χ3n) is 2.49. The molecule has 0 fully saturated rings. The van der Waals surface area contributed by atoms with Gasteiger partial charge in [-0.2, -0.15) is 0 Å². The minimum absolute atomic E-state index is 0.203. The minimum Gasteiger partial charge on any atom is -0.351 e. The molecule has 1 unspecified atom stereocenters. The van der Waals surface area contributed by atoms with E-state index in [1.54, 1.807) is 0 Å². The van der Waals surface area contributed by atoms with Crippen LogP contribution in [0.15, 0.2) is 22.7 Å². The molecule has 1 aromatic carbocycles. The number of benzene rings is 1. The molecular formula is C14H18Br2FNO. The topological polar surface area (TPSA) is 29.1 Å². The van der Waals surface area contributed by atoms with Gasteiger partial charge in [0.1, 0.15) is 5.82 Å². The van der Waals surface area contributed by atoms with Gasteiger partial charge >= 0.3 is 0 Å². The lowest BCUT2D eigenvalue weighted by Gasteiger charge is -2.22. The van der Waals surface area contributed by atoms with Crippen molar-refractivity contribution in [1.82, 2.24) is 5.32 Å². The van der Waals surface area contributed by atoms with Crippen LogP contribution in [0.1, 0.15) is 37.6 Å². The monoisotopic (exact) mass is 393 g/mol. The van der Waals surface area contributed by atoms with Crippen LogP contribution >= 0.6 is 31.9 Å². The van der Waals surface area contributed by atoms with Gasteiger partial charge in [0.2, 0.25) is 0 Å². The second-order valence-corrected chi connectivity index (χ2v) is 7.85. The molecule has 1 aromatic rings. The zero-order chi connectivity index (χ0) is 14.6. The highest BCUT2D eigenvalue weighted by Gasteiger charge is 2.18. The number of carbonyl (C=O) groups excluding carboxylic acids is 1. The van der Waals surface area contributed by atoms with Crippen LogP contribution in [0.5, 0.6) is 0 Å². The molecule has 0 aromatic heterocycles. The van der Waals surface area contributed by atoms with Crippen LogP contribution in [0.25, 0.3) is 0 Å². The molecule has 19 heavy (non-hydrogen) atoms. The lowest BCUT2D eigenvalue weighted by atomic mass is 9.90. The van der Waals surface area contributed by atoms with Gasteiger partial charge in [0, 0.05) is 15.8 Å². The summed E-state index contributed by atoms with van der Waals surface area (Å²) in [6.07, 6.45) is 0.956. The molecule has 1 amide bonds. The molecule has 0 aliphatic heterocycles. The van der Waals surface area contributed by atoms with Crippen LogP contribution < -0.4 is 5.32 Å². The van der Waals surface area contributed by atoms with E-state index in [1.165, 1.54) is 18.2 Å². The lowest BCUT2D eigenvalue weighted by Crippen LogP contribution is -2.31. The van der Waals surface area contributed by atoms with Gasteiger partial charge in [0.25, 0.3) is 5.91 Å². The van der Waals surface area contributed by atoms with Crippen LogP contribution in [0, 0.1) is 11.2 Å². The first-order chi connectivity index (χ1) is 8.69. The zero-order valence-corrected chi connectivity index (χ0v) is 14.4. The predicted molar refractivity (Wildman–Crippen MR) is 83.2 cm³/mol. The van der Waals surface area contributed by atoms with Crippen molar-refractivity contribution in [2.45, 2.75) is 32.0 Å². The Morgan fingerprint density at radius 3 is 2.58 bits per heavy atom. The first-order valence-electron chi connectivity index (χ1n) is 6.06. The normalized spacial score (nSPS) is 13.2. The van der Waals surface area contributed by atoms with Gasteiger partial charge in [-0.1, -0.05) is 36.7 Å². The summed E-state index contributed by atoms with van der Waals surface area (Å²) in [5, 5.41) is 2.84. The van der Waals surface area contributed by atoms with Gasteiger partial charge in [0.15, 0.2) is 0 Å². The number of nitrogens with one attached hydrogen (secondary N) is 1. The number of alkyl halides is 1. The maximum Gasteiger partial charge on any atom is 0.252 e. The maximum atomic E-state index is 12.9. The van der Waals surface area contributed by atoms with Crippen LogP contribution in [0.2, 0.25) is 0 Å². The van der Waals surface area contributed by atoms with Crippen molar-refractivity contribution in [3.63, 3.8) is 0 Å². The summed E-state index contributed by atoms with van der Waals surface area (Å²) in [6.45, 7) is 7.00. The molecule has 0 spiro atoms. The van der Waals surface area contributed by atoms with Crippen LogP contribution in [-0.4, -0.2) is 17.3 Å². The summed E-state index contributed by atoms with van der Waals surface area (Å²) < 4.78 is 13.4. The maximum absolute atomic E-state index is 12.9. The van der Waals surface area contributed by atoms with E-state index in [9.17, 15) is 9.18 Å². The van der Waals surface area contributed by atoms with Gasteiger partial charge in [0.05, 0.1) is 5.56 Å². The molecule has 106 valence electrons. The summed E-state index contributed by atoms with van der Waals surface area (Å²) in [4.78, 5) is 12.2. The highest BCUT2D eigenvalue weighted by molar-refractivity contribution is 9.10. The number of carbonyl (C=O) groups is 1. The van der Waals surface area contributed by atoms with Gasteiger partial charge in [-0.05, 0) is 46.0 Å². The third-order valence-corrected chi connectivity index (χ3v) is 3.80. The number of amides is 1. The fraction of sp³-hybridized carbons (Fsp3) is 0.500. The third kappa shape index (κ3) is 6.04. The Morgan fingerprint density at radius 2 is 2.05 bits per heavy atom. The molecule has 1 atom stereocenters. The molecule has 1 N–H and O–H groups in total. The van der Waals surface area contributed by atoms with Gasteiger partial charge < -0.3 is 5.32 Å². The zero-order valence-electron chi connectivity index (χ0n) is 11.3. The van der Waals surface area contributed by atoms with E-state index in [0.717, 1.165) is 6.42 Å². The van der Waals surface area contributed by atoms with Crippen molar-refractivity contribution in [2.24, 2.45) is 5.41 Å². The molecule has 0 heterocycles. The minimum atomic E-state index is -0.366. The molecular weight excluding hydrogens is 377 g/mol. The fourth-order valence-electron chi connectivity index (χ4n) is 1.71. The molecule has 0 aliphatic carbocycles. The summed E-state index contributed by atoms with van der Waals surface area (Å²) in [5.74, 6) is -0.570. The smallest absolute Gasteiger partial charge is 0.252 e. The van der Waals surface area contributed by atoms with E-state index in [0.29, 0.717) is 16.6 Å². The van der Waals surface area contributed by atoms with Crippen molar-refractivity contribution in [3.8, 4) is 0 Å². The van der Waals surface area contributed by atoms with Crippen LogP contribution in [0.3, 0.4) is 0 Å². The Balaban J connectivity index is 2.56. The highest BCUT2D eigenvalue weighted by atomic mass is 79.9. The van der Waals surface area contributed by atoms with Crippen LogP contribution in [0.4, 0.5) is 4.39 Å². The van der Waals surface area contributed by atoms with Crippen molar-refractivity contribution >= 4 is 37.8 Å². The molecule has 0 aliphatic rings. The van der Waals surface area contributed by atoms with Crippen molar-refractivity contribution in [3.05, 3.63) is 34.1 Å². The molecule has 0 bridgehead atoms. The Kier molecular flexibility index (Phi) is 5.99. The molecule has 1 rings (SSSR count). The molecule has 0 radical (unpaired) electrons. The van der Waals surface area contributed by atoms with E-state index in [2.05, 4.69) is 57.9 Å². The summed E-state index contributed by atoms with van der Waals surface area (Å²) in [7, 11) is 0. The Morgan fingerprint density at radius 1 is 1.42 bits per heavy atom. The predicted octanol–water partition coefficient (Wildman–Crippen LogP) is 4.52. The van der Waals surface area contributed by atoms with Crippen molar-refractivity contribution in [1.29, 1.82) is 0 Å². The number of rotatable bonds is 4. The number of halogens is 3. The second kappa shape index (κ2) is 6.84. The van der Waals surface area contributed by atoms with E-state index in [4.69, 9.17) is 0 Å². The van der Waals surface area contributed by atoms with E-state index < -0.39 is 0 Å². The standard InChI is InChI=1S/C14H18Br2FNO/c1-14(2,3)7-9(15)8-18-13(19)11-5-4-10(17)6-12(11)16/h4-6,9H,7-8H2,1-3H3,(H,18,19). The first-order valence-corrected chi connectivity index (χ1v) is 7.77. The van der Waals surface area contributed by atoms with E-state index in [1.807, 2.05) is 0 Å². The van der Waals surface area contributed by atoms with Crippen molar-refractivity contribution in [2.75, 3.05) is 6.54 Å². The van der Waals surface area contributed by atoms with Gasteiger partial charge in [-0.25, -0.2) is 4.39 Å². The van der Waals surface area contributed by atoms with Gasteiger partial charge in [-0.15, -0.1) is 0 Å². The summed E-state index contributed by atoms with van der Waals surface area (Å²) >= 11 is 6.75. The first kappa shape index (κ1) is 16.6. The van der Waals surface area contributed by atoms with Crippen LogP contribution in [-0.2, 0) is 0 Å². The summed E-state index contributed by atoms with van der Waals surface area (Å²) in [6, 6.07) is 4.04. The van der Waals surface area contributed by atoms with E-state index in [-0.39, 0.29) is 22.0 Å². The highest BCUT2D eigenvalue weighted by Crippen LogP contribution is 2.24. The number of hydrogen-bond donors (Lipinski definition) is 1.